The fourth-order valence-electron chi connectivity index (χ4n) is 4.17. The predicted molar refractivity (Wildman–Crippen MR) is 97.1 cm³/mol. The molecule has 0 N–H and O–H groups in total. The van der Waals surface area contributed by atoms with Crippen LogP contribution in [-0.2, 0) is 14.3 Å². The minimum absolute atomic E-state index is 0.0650. The van der Waals surface area contributed by atoms with E-state index in [-0.39, 0.29) is 26.1 Å². The smallest absolute Gasteiger partial charge is 0.444 e. The fraction of sp³-hybridized carbons (Fsp3) is 0.842. The first-order valence-corrected chi connectivity index (χ1v) is 9.97. The molecule has 11 heteroatoms. The number of amides is 3. The van der Waals surface area contributed by atoms with Crippen molar-refractivity contribution >= 4 is 17.9 Å². The van der Waals surface area contributed by atoms with Crippen LogP contribution >= 0.6 is 0 Å². The molecule has 2 saturated heterocycles. The summed E-state index contributed by atoms with van der Waals surface area (Å²) in [5.41, 5.74) is -1.87. The van der Waals surface area contributed by atoms with Gasteiger partial charge in [0.15, 0.2) is 0 Å². The van der Waals surface area contributed by atoms with E-state index in [0.717, 1.165) is 9.80 Å². The summed E-state index contributed by atoms with van der Waals surface area (Å²) in [6.45, 7) is 5.90. The highest BCUT2D eigenvalue weighted by molar-refractivity contribution is 5.88. The molecule has 7 nitrogen and oxygen atoms in total. The van der Waals surface area contributed by atoms with E-state index in [1.807, 2.05) is 0 Å². The Morgan fingerprint density at radius 2 is 1.63 bits per heavy atom. The molecule has 3 aliphatic rings. The van der Waals surface area contributed by atoms with Crippen LogP contribution in [0.4, 0.5) is 22.4 Å². The lowest BCUT2D eigenvalue weighted by Crippen LogP contribution is -2.65. The zero-order valence-electron chi connectivity index (χ0n) is 17.5. The molecule has 2 heterocycles. The van der Waals surface area contributed by atoms with E-state index in [2.05, 4.69) is 0 Å². The molecule has 0 radical (unpaired) electrons. The van der Waals surface area contributed by atoms with Crippen LogP contribution in [0.25, 0.3) is 0 Å². The van der Waals surface area contributed by atoms with E-state index in [1.165, 1.54) is 4.90 Å². The molecule has 0 aromatic carbocycles. The van der Waals surface area contributed by atoms with Crippen LogP contribution in [-0.4, -0.2) is 87.8 Å². The summed E-state index contributed by atoms with van der Waals surface area (Å²) in [5, 5.41) is 0. The Bertz CT molecular complexity index is 732. The molecule has 3 amide bonds. The molecule has 3 rings (SSSR count). The van der Waals surface area contributed by atoms with Gasteiger partial charge in [-0.1, -0.05) is 0 Å². The van der Waals surface area contributed by atoms with Gasteiger partial charge in [0.25, 0.3) is 0 Å². The maximum atomic E-state index is 14.1. The number of piperazine rings is 1. The van der Waals surface area contributed by atoms with E-state index >= 15 is 0 Å². The number of rotatable bonds is 1. The molecule has 3 atom stereocenters. The highest BCUT2D eigenvalue weighted by Crippen LogP contribution is 2.47. The first-order chi connectivity index (χ1) is 13.6. The first kappa shape index (κ1) is 22.6. The molecule has 1 saturated carbocycles. The molecule has 1 spiro atoms. The Hall–Kier alpha value is -2.07. The van der Waals surface area contributed by atoms with Crippen LogP contribution in [0.2, 0.25) is 0 Å². The van der Waals surface area contributed by atoms with Crippen LogP contribution in [0.3, 0.4) is 0 Å². The lowest BCUT2D eigenvalue weighted by atomic mass is 10.0. The van der Waals surface area contributed by atoms with Gasteiger partial charge in [-0.05, 0) is 40.5 Å². The summed E-state index contributed by atoms with van der Waals surface area (Å²) in [7, 11) is 0. The zero-order valence-corrected chi connectivity index (χ0v) is 17.5. The highest BCUT2D eigenvalue weighted by Gasteiger charge is 2.60. The molecule has 30 heavy (non-hydrogen) atoms. The van der Waals surface area contributed by atoms with E-state index in [9.17, 15) is 31.9 Å². The summed E-state index contributed by atoms with van der Waals surface area (Å²) in [5.74, 6) is -2.43. The molecular weight excluding hydrogens is 410 g/mol. The molecule has 3 fully saturated rings. The molecule has 0 aromatic rings. The van der Waals surface area contributed by atoms with Gasteiger partial charge in [-0.3, -0.25) is 14.5 Å². The van der Waals surface area contributed by atoms with Crippen LogP contribution in [0, 0.1) is 0 Å². The van der Waals surface area contributed by atoms with Crippen molar-refractivity contribution in [3.8, 4) is 0 Å². The van der Waals surface area contributed by atoms with Gasteiger partial charge in [0.2, 0.25) is 5.91 Å². The Kier molecular flexibility index (Phi) is 5.47. The van der Waals surface area contributed by atoms with Gasteiger partial charge in [0.05, 0.1) is 12.1 Å². The standard InChI is InChI=1S/C19H27F4N3O4/c1-11-8-26(15(28)19(21,22)23)18(5-6-18)10-25(11)14(27)13-7-12(20)9-24(13)16(29)30-17(2,3)4/h11-13H,5-10H2,1-4H3/t11-,12-,13+/m1/s1. The monoisotopic (exact) mass is 437 g/mol. The maximum Gasteiger partial charge on any atom is 0.471 e. The number of hydrogen-bond acceptors (Lipinski definition) is 4. The van der Waals surface area contributed by atoms with E-state index < -0.39 is 53.5 Å². The summed E-state index contributed by atoms with van der Waals surface area (Å²) in [6, 6.07) is -1.79. The summed E-state index contributed by atoms with van der Waals surface area (Å²) in [6.07, 6.45) is -6.67. The Morgan fingerprint density at radius 1 is 1.03 bits per heavy atom. The van der Waals surface area contributed by atoms with Crippen molar-refractivity contribution in [3.05, 3.63) is 0 Å². The van der Waals surface area contributed by atoms with Crippen molar-refractivity contribution in [1.29, 1.82) is 0 Å². The zero-order chi connectivity index (χ0) is 22.6. The van der Waals surface area contributed by atoms with Crippen molar-refractivity contribution < 1.29 is 36.7 Å². The summed E-state index contributed by atoms with van der Waals surface area (Å²) < 4.78 is 58.3. The molecule has 1 aliphatic carbocycles. The SMILES string of the molecule is C[C@@H]1CN(C(=O)C(F)(F)F)C2(CC2)CN1C(=O)[C@@H]1C[C@@H](F)CN1C(=O)OC(C)(C)C. The number of hydrogen-bond donors (Lipinski definition) is 0. The maximum absolute atomic E-state index is 14.1. The van der Waals surface area contributed by atoms with E-state index in [0.29, 0.717) is 12.8 Å². The molecular formula is C19H27F4N3O4. The Labute approximate surface area is 172 Å². The number of carbonyl (C=O) groups excluding carboxylic acids is 3. The third-order valence-corrected chi connectivity index (χ3v) is 5.78. The summed E-state index contributed by atoms with van der Waals surface area (Å²) in [4.78, 5) is 40.8. The van der Waals surface area contributed by atoms with Gasteiger partial charge in [-0.15, -0.1) is 0 Å². The van der Waals surface area contributed by atoms with Gasteiger partial charge in [0.1, 0.15) is 17.8 Å². The molecule has 0 bridgehead atoms. The quantitative estimate of drug-likeness (QED) is 0.591. The van der Waals surface area contributed by atoms with Crippen molar-refractivity contribution in [2.45, 2.75) is 82.5 Å². The number of alkyl halides is 4. The minimum Gasteiger partial charge on any atom is -0.444 e. The summed E-state index contributed by atoms with van der Waals surface area (Å²) >= 11 is 0. The van der Waals surface area contributed by atoms with E-state index in [1.54, 1.807) is 27.7 Å². The third-order valence-electron chi connectivity index (χ3n) is 5.78. The predicted octanol–water partition coefficient (Wildman–Crippen LogP) is 2.49. The first-order valence-electron chi connectivity index (χ1n) is 9.97. The van der Waals surface area contributed by atoms with Crippen molar-refractivity contribution in [1.82, 2.24) is 14.7 Å². The van der Waals surface area contributed by atoms with Crippen LogP contribution in [0.5, 0.6) is 0 Å². The molecule has 170 valence electrons. The normalized spacial score (nSPS) is 28.7. The number of carbonyl (C=O) groups is 3. The van der Waals surface area contributed by atoms with Crippen LogP contribution in [0.1, 0.15) is 47.0 Å². The molecule has 0 aromatic heterocycles. The van der Waals surface area contributed by atoms with Crippen molar-refractivity contribution in [2.75, 3.05) is 19.6 Å². The lowest BCUT2D eigenvalue weighted by Gasteiger charge is -2.47. The largest absolute Gasteiger partial charge is 0.471 e. The van der Waals surface area contributed by atoms with Crippen molar-refractivity contribution in [3.63, 3.8) is 0 Å². The molecule has 2 aliphatic heterocycles. The van der Waals surface area contributed by atoms with E-state index in [4.69, 9.17) is 4.74 Å². The topological polar surface area (TPSA) is 70.2 Å². The van der Waals surface area contributed by atoms with Gasteiger partial charge < -0.3 is 14.5 Å². The number of likely N-dealkylation sites (tertiary alicyclic amines) is 1. The molecule has 0 unspecified atom stereocenters. The Balaban J connectivity index is 1.77. The highest BCUT2D eigenvalue weighted by atomic mass is 19.4. The van der Waals surface area contributed by atoms with Crippen LogP contribution in [0.15, 0.2) is 0 Å². The second kappa shape index (κ2) is 7.26. The number of ether oxygens (including phenoxy) is 1. The average molecular weight is 437 g/mol. The van der Waals surface area contributed by atoms with Gasteiger partial charge >= 0.3 is 18.2 Å². The lowest BCUT2D eigenvalue weighted by molar-refractivity contribution is -0.193. The third kappa shape index (κ3) is 4.34. The van der Waals surface area contributed by atoms with Crippen LogP contribution < -0.4 is 0 Å². The minimum atomic E-state index is -4.98. The number of nitrogens with zero attached hydrogens (tertiary/aromatic N) is 3. The van der Waals surface area contributed by atoms with Gasteiger partial charge in [-0.2, -0.15) is 13.2 Å². The Morgan fingerprint density at radius 3 is 2.13 bits per heavy atom. The fourth-order valence-corrected chi connectivity index (χ4v) is 4.17. The average Bonchev–Trinajstić information content (AvgIpc) is 3.25. The van der Waals surface area contributed by atoms with Gasteiger partial charge in [-0.25, -0.2) is 9.18 Å². The second-order valence-electron chi connectivity index (χ2n) is 9.43. The second-order valence-corrected chi connectivity index (χ2v) is 9.43. The number of halogens is 4. The van der Waals surface area contributed by atoms with Crippen molar-refractivity contribution in [2.24, 2.45) is 0 Å². The van der Waals surface area contributed by atoms with Gasteiger partial charge in [0, 0.05) is 25.6 Å².